The fourth-order valence-electron chi connectivity index (χ4n) is 3.70. The van der Waals surface area contributed by atoms with Crippen molar-refractivity contribution in [2.24, 2.45) is 7.05 Å². The van der Waals surface area contributed by atoms with Gasteiger partial charge in [-0.15, -0.1) is 0 Å². The molecule has 0 radical (unpaired) electrons. The summed E-state index contributed by atoms with van der Waals surface area (Å²) in [6.45, 7) is 4.92. The first-order chi connectivity index (χ1) is 14.5. The lowest BCUT2D eigenvalue weighted by Gasteiger charge is -2.38. The fraction of sp³-hybridized carbons (Fsp3) is 0.400. The zero-order valence-electron chi connectivity index (χ0n) is 17.2. The molecule has 3 heterocycles. The van der Waals surface area contributed by atoms with E-state index in [1.54, 1.807) is 42.5 Å². The Bertz CT molecular complexity index is 1060. The van der Waals surface area contributed by atoms with Crippen LogP contribution in [0.4, 0.5) is 11.5 Å². The summed E-state index contributed by atoms with van der Waals surface area (Å²) in [5.41, 5.74) is 1.38. The molecule has 0 saturated carbocycles. The number of methoxy groups -OCH3 is 1. The highest BCUT2D eigenvalue weighted by Gasteiger charge is 2.27. The molecule has 1 unspecified atom stereocenters. The van der Waals surface area contributed by atoms with Crippen molar-refractivity contribution in [3.8, 4) is 5.75 Å². The Balaban J connectivity index is 1.41. The molecule has 1 fully saturated rings. The molecule has 30 heavy (non-hydrogen) atoms. The summed E-state index contributed by atoms with van der Waals surface area (Å²) in [4.78, 5) is 26.0. The maximum atomic E-state index is 12.8. The zero-order chi connectivity index (χ0) is 21.3. The van der Waals surface area contributed by atoms with E-state index in [-0.39, 0.29) is 11.9 Å². The second-order valence-corrected chi connectivity index (χ2v) is 7.67. The lowest BCUT2D eigenvalue weighted by Crippen LogP contribution is -2.53. The third-order valence-electron chi connectivity index (χ3n) is 5.47. The van der Waals surface area contributed by atoms with E-state index in [1.165, 1.54) is 0 Å². The number of aromatic nitrogens is 4. The molecule has 1 saturated heterocycles. The summed E-state index contributed by atoms with van der Waals surface area (Å²) in [7, 11) is 3.43. The van der Waals surface area contributed by atoms with Gasteiger partial charge < -0.3 is 15.0 Å². The number of hydrogen-bond acceptors (Lipinski definition) is 7. The van der Waals surface area contributed by atoms with Crippen LogP contribution in [0.2, 0.25) is 5.02 Å². The second kappa shape index (κ2) is 8.45. The molecule has 0 aliphatic carbocycles. The van der Waals surface area contributed by atoms with Crippen molar-refractivity contribution in [3.05, 3.63) is 35.7 Å². The van der Waals surface area contributed by atoms with Gasteiger partial charge in [-0.2, -0.15) is 5.10 Å². The SMILES string of the molecule is COc1ccc(Cl)cc1NC(=O)C(C)N1CCN(c2ncnc3c2cnn3C)CC1. The predicted molar refractivity (Wildman–Crippen MR) is 116 cm³/mol. The van der Waals surface area contributed by atoms with E-state index in [2.05, 4.69) is 30.2 Å². The highest BCUT2D eigenvalue weighted by Crippen LogP contribution is 2.28. The Hall–Kier alpha value is -2.91. The molecule has 10 heteroatoms. The van der Waals surface area contributed by atoms with E-state index >= 15 is 0 Å². The normalized spacial score (nSPS) is 15.9. The lowest BCUT2D eigenvalue weighted by molar-refractivity contribution is -0.120. The predicted octanol–water partition coefficient (Wildman–Crippen LogP) is 2.17. The highest BCUT2D eigenvalue weighted by atomic mass is 35.5. The van der Waals surface area contributed by atoms with Crippen LogP contribution in [0.5, 0.6) is 5.75 Å². The first kappa shape index (κ1) is 20.4. The summed E-state index contributed by atoms with van der Waals surface area (Å²) in [5.74, 6) is 1.36. The van der Waals surface area contributed by atoms with Gasteiger partial charge in [0, 0.05) is 38.2 Å². The molecule has 158 valence electrons. The first-order valence-electron chi connectivity index (χ1n) is 9.74. The van der Waals surface area contributed by atoms with Gasteiger partial charge in [-0.05, 0) is 25.1 Å². The molecule has 2 aromatic heterocycles. The number of hydrogen-bond donors (Lipinski definition) is 1. The van der Waals surface area contributed by atoms with Crippen molar-refractivity contribution >= 4 is 40.0 Å². The lowest BCUT2D eigenvalue weighted by atomic mass is 10.2. The van der Waals surface area contributed by atoms with Crippen molar-refractivity contribution < 1.29 is 9.53 Å². The number of halogens is 1. The Morgan fingerprint density at radius 3 is 2.73 bits per heavy atom. The minimum absolute atomic E-state index is 0.0966. The molecule has 1 aliphatic rings. The smallest absolute Gasteiger partial charge is 0.241 e. The average Bonchev–Trinajstić information content (AvgIpc) is 3.14. The van der Waals surface area contributed by atoms with Crippen LogP contribution in [-0.2, 0) is 11.8 Å². The molecule has 1 aromatic carbocycles. The Kier molecular flexibility index (Phi) is 5.74. The third kappa shape index (κ3) is 3.90. The van der Waals surface area contributed by atoms with Crippen LogP contribution in [0, 0.1) is 0 Å². The molecular formula is C20H24ClN7O2. The molecule has 1 aliphatic heterocycles. The third-order valence-corrected chi connectivity index (χ3v) is 5.70. The number of amides is 1. The summed E-state index contributed by atoms with van der Waals surface area (Å²) in [5, 5.41) is 8.69. The summed E-state index contributed by atoms with van der Waals surface area (Å²) >= 11 is 6.06. The minimum atomic E-state index is -0.292. The standard InChI is InChI=1S/C20H24ClN7O2/c1-13(20(29)25-16-10-14(21)4-5-17(16)30-3)27-6-8-28(9-7-27)19-15-11-24-26(2)18(15)22-12-23-19/h4-5,10-13H,6-9H2,1-3H3,(H,25,29). The molecular weight excluding hydrogens is 406 g/mol. The summed E-state index contributed by atoms with van der Waals surface area (Å²) in [6, 6.07) is 4.87. The van der Waals surface area contributed by atoms with Crippen molar-refractivity contribution in [1.29, 1.82) is 0 Å². The van der Waals surface area contributed by atoms with Crippen LogP contribution >= 0.6 is 11.6 Å². The van der Waals surface area contributed by atoms with Crippen molar-refractivity contribution in [2.45, 2.75) is 13.0 Å². The van der Waals surface area contributed by atoms with Gasteiger partial charge in [-0.3, -0.25) is 14.4 Å². The van der Waals surface area contributed by atoms with Gasteiger partial charge in [0.05, 0.1) is 30.4 Å². The monoisotopic (exact) mass is 429 g/mol. The van der Waals surface area contributed by atoms with Gasteiger partial charge in [-0.25, -0.2) is 9.97 Å². The number of anilines is 2. The molecule has 0 spiro atoms. The van der Waals surface area contributed by atoms with Crippen molar-refractivity contribution in [3.63, 3.8) is 0 Å². The molecule has 1 N–H and O–H groups in total. The maximum absolute atomic E-state index is 12.8. The van der Waals surface area contributed by atoms with E-state index < -0.39 is 0 Å². The van der Waals surface area contributed by atoms with Gasteiger partial charge in [0.15, 0.2) is 5.65 Å². The van der Waals surface area contributed by atoms with Gasteiger partial charge in [0.25, 0.3) is 0 Å². The van der Waals surface area contributed by atoms with Gasteiger partial charge in [-0.1, -0.05) is 11.6 Å². The summed E-state index contributed by atoms with van der Waals surface area (Å²) < 4.78 is 7.06. The number of carbonyl (C=O) groups is 1. The first-order valence-corrected chi connectivity index (χ1v) is 10.1. The van der Waals surface area contributed by atoms with Crippen LogP contribution in [-0.4, -0.2) is 69.9 Å². The Morgan fingerprint density at radius 1 is 1.23 bits per heavy atom. The van der Waals surface area contributed by atoms with Crippen molar-refractivity contribution in [1.82, 2.24) is 24.6 Å². The Labute approximate surface area is 179 Å². The van der Waals surface area contributed by atoms with E-state index in [0.29, 0.717) is 16.5 Å². The number of benzene rings is 1. The number of nitrogens with zero attached hydrogens (tertiary/aromatic N) is 6. The Morgan fingerprint density at radius 2 is 2.00 bits per heavy atom. The van der Waals surface area contributed by atoms with Crippen LogP contribution in [0.3, 0.4) is 0 Å². The quantitative estimate of drug-likeness (QED) is 0.664. The number of rotatable bonds is 5. The second-order valence-electron chi connectivity index (χ2n) is 7.24. The molecule has 0 bridgehead atoms. The van der Waals surface area contributed by atoms with Crippen LogP contribution < -0.4 is 15.0 Å². The van der Waals surface area contributed by atoms with E-state index in [4.69, 9.17) is 16.3 Å². The molecule has 1 atom stereocenters. The largest absolute Gasteiger partial charge is 0.495 e. The van der Waals surface area contributed by atoms with Gasteiger partial charge in [0.1, 0.15) is 17.9 Å². The molecule has 1 amide bonds. The minimum Gasteiger partial charge on any atom is -0.495 e. The van der Waals surface area contributed by atoms with Gasteiger partial charge in [0.2, 0.25) is 5.91 Å². The van der Waals surface area contributed by atoms with Gasteiger partial charge >= 0.3 is 0 Å². The number of piperazine rings is 1. The molecule has 9 nitrogen and oxygen atoms in total. The number of nitrogens with one attached hydrogen (secondary N) is 1. The van der Waals surface area contributed by atoms with Crippen LogP contribution in [0.15, 0.2) is 30.7 Å². The highest BCUT2D eigenvalue weighted by molar-refractivity contribution is 6.31. The maximum Gasteiger partial charge on any atom is 0.241 e. The van der Waals surface area contributed by atoms with E-state index in [0.717, 1.165) is 43.0 Å². The van der Waals surface area contributed by atoms with E-state index in [9.17, 15) is 4.79 Å². The molecule has 4 rings (SSSR count). The van der Waals surface area contributed by atoms with Crippen molar-refractivity contribution in [2.75, 3.05) is 43.5 Å². The number of fused-ring (bicyclic) bond motifs is 1. The summed E-state index contributed by atoms with van der Waals surface area (Å²) in [6.07, 6.45) is 3.37. The number of carbonyl (C=O) groups excluding carboxylic acids is 1. The number of aryl methyl sites for hydroxylation is 1. The van der Waals surface area contributed by atoms with Crippen LogP contribution in [0.25, 0.3) is 11.0 Å². The van der Waals surface area contributed by atoms with E-state index in [1.807, 2.05) is 14.0 Å². The molecule has 3 aromatic rings. The van der Waals surface area contributed by atoms with Crippen LogP contribution in [0.1, 0.15) is 6.92 Å². The average molecular weight is 430 g/mol. The zero-order valence-corrected chi connectivity index (χ0v) is 17.9. The fourth-order valence-corrected chi connectivity index (χ4v) is 3.88. The number of ether oxygens (including phenoxy) is 1. The topological polar surface area (TPSA) is 88.4 Å².